The molecule has 23 heavy (non-hydrogen) atoms. The third kappa shape index (κ3) is 3.23. The number of fused-ring (bicyclic) bond motifs is 1. The number of allylic oxidation sites excluding steroid dienone is 3. The summed E-state index contributed by atoms with van der Waals surface area (Å²) in [6.07, 6.45) is 7.09. The molecule has 3 rings (SSSR count). The fourth-order valence-corrected chi connectivity index (χ4v) is 4.39. The summed E-state index contributed by atoms with van der Waals surface area (Å²) >= 11 is 0. The smallest absolute Gasteiger partial charge is 0.242 e. The normalized spacial score (nSPS) is 24.0. The number of rotatable bonds is 3. The third-order valence-corrected chi connectivity index (χ3v) is 5.81. The van der Waals surface area contributed by atoms with Gasteiger partial charge < -0.3 is 4.90 Å². The Kier molecular flexibility index (Phi) is 4.37. The first-order valence-corrected chi connectivity index (χ1v) is 9.18. The van der Waals surface area contributed by atoms with Crippen LogP contribution in [-0.4, -0.2) is 31.9 Å². The van der Waals surface area contributed by atoms with Gasteiger partial charge >= 0.3 is 0 Å². The molecule has 0 aromatic heterocycles. The van der Waals surface area contributed by atoms with Crippen molar-refractivity contribution in [3.63, 3.8) is 0 Å². The maximum absolute atomic E-state index is 12.6. The van der Waals surface area contributed by atoms with Gasteiger partial charge in [-0.3, -0.25) is 4.79 Å². The van der Waals surface area contributed by atoms with E-state index in [2.05, 4.69) is 10.8 Å². The molecule has 1 aromatic rings. The van der Waals surface area contributed by atoms with Crippen molar-refractivity contribution >= 4 is 15.9 Å². The highest BCUT2D eigenvalue weighted by Gasteiger charge is 2.37. The minimum atomic E-state index is -3.69. The van der Waals surface area contributed by atoms with Crippen LogP contribution in [-0.2, 0) is 14.8 Å². The first-order chi connectivity index (χ1) is 11.0. The Balaban J connectivity index is 1.95. The largest absolute Gasteiger partial charge is 0.322 e. The predicted molar refractivity (Wildman–Crippen MR) is 87.9 cm³/mol. The van der Waals surface area contributed by atoms with E-state index in [9.17, 15) is 13.2 Å². The van der Waals surface area contributed by atoms with Crippen molar-refractivity contribution in [2.24, 2.45) is 5.92 Å². The zero-order valence-corrected chi connectivity index (χ0v) is 13.8. The van der Waals surface area contributed by atoms with Crippen molar-refractivity contribution < 1.29 is 13.2 Å². The van der Waals surface area contributed by atoms with Gasteiger partial charge in [-0.1, -0.05) is 36.4 Å². The molecule has 1 aliphatic carbocycles. The molecule has 2 unspecified atom stereocenters. The van der Waals surface area contributed by atoms with E-state index in [4.69, 9.17) is 0 Å². The molecule has 1 N–H and O–H groups in total. The molecule has 1 saturated heterocycles. The first-order valence-electron chi connectivity index (χ1n) is 7.70. The summed E-state index contributed by atoms with van der Waals surface area (Å²) in [6, 6.07) is 8.24. The molecular formula is C17H20N2O3S. The second-order valence-corrected chi connectivity index (χ2v) is 7.58. The van der Waals surface area contributed by atoms with Crippen molar-refractivity contribution in [2.45, 2.75) is 30.8 Å². The van der Waals surface area contributed by atoms with Crippen LogP contribution in [0.25, 0.3) is 0 Å². The summed E-state index contributed by atoms with van der Waals surface area (Å²) in [7, 11) is -3.69. The maximum Gasteiger partial charge on any atom is 0.242 e. The molecule has 0 saturated carbocycles. The summed E-state index contributed by atoms with van der Waals surface area (Å²) in [5.41, 5.74) is 0.966. The minimum Gasteiger partial charge on any atom is -0.322 e. The fraction of sp³-hybridized carbons (Fsp3) is 0.353. The molecule has 122 valence electrons. The van der Waals surface area contributed by atoms with Crippen LogP contribution in [0.4, 0.5) is 0 Å². The van der Waals surface area contributed by atoms with Crippen LogP contribution in [0.2, 0.25) is 0 Å². The van der Waals surface area contributed by atoms with Crippen LogP contribution in [0, 0.1) is 5.92 Å². The SMILES string of the molecule is CC(=O)N1CCC2CC=CC=C2C1NS(=O)(=O)c1ccccc1. The van der Waals surface area contributed by atoms with Crippen LogP contribution in [0.5, 0.6) is 0 Å². The van der Waals surface area contributed by atoms with E-state index in [0.29, 0.717) is 12.5 Å². The van der Waals surface area contributed by atoms with Crippen molar-refractivity contribution in [1.82, 2.24) is 9.62 Å². The molecule has 2 atom stereocenters. The number of carbonyl (C=O) groups is 1. The number of likely N-dealkylation sites (tertiary alicyclic amines) is 1. The summed E-state index contributed by atoms with van der Waals surface area (Å²) in [5, 5.41) is 0. The van der Waals surface area contributed by atoms with Gasteiger partial charge in [0.2, 0.25) is 15.9 Å². The highest BCUT2D eigenvalue weighted by atomic mass is 32.2. The Morgan fingerprint density at radius 2 is 2.00 bits per heavy atom. The molecular weight excluding hydrogens is 312 g/mol. The number of hydrogen-bond donors (Lipinski definition) is 1. The van der Waals surface area contributed by atoms with E-state index in [-0.39, 0.29) is 10.8 Å². The minimum absolute atomic E-state index is 0.125. The topological polar surface area (TPSA) is 66.5 Å². The predicted octanol–water partition coefficient (Wildman–Crippen LogP) is 2.05. The number of amides is 1. The van der Waals surface area contributed by atoms with Gasteiger partial charge in [0.05, 0.1) is 4.90 Å². The molecule has 5 nitrogen and oxygen atoms in total. The van der Waals surface area contributed by atoms with Crippen LogP contribution in [0.1, 0.15) is 19.8 Å². The second-order valence-electron chi connectivity index (χ2n) is 5.87. The van der Waals surface area contributed by atoms with Gasteiger partial charge in [-0.15, -0.1) is 0 Å². The molecule has 1 aromatic carbocycles. The lowest BCUT2D eigenvalue weighted by Gasteiger charge is -2.42. The first kappa shape index (κ1) is 16.0. The van der Waals surface area contributed by atoms with Crippen molar-refractivity contribution in [1.29, 1.82) is 0 Å². The van der Waals surface area contributed by atoms with Crippen LogP contribution in [0.3, 0.4) is 0 Å². The average molecular weight is 332 g/mol. The fourth-order valence-electron chi connectivity index (χ4n) is 3.18. The van der Waals surface area contributed by atoms with Crippen molar-refractivity contribution in [3.8, 4) is 0 Å². The number of nitrogens with one attached hydrogen (secondary N) is 1. The molecule has 6 heteroatoms. The van der Waals surface area contributed by atoms with E-state index < -0.39 is 16.2 Å². The van der Waals surface area contributed by atoms with E-state index in [1.807, 2.05) is 12.2 Å². The highest BCUT2D eigenvalue weighted by molar-refractivity contribution is 7.89. The Hall–Kier alpha value is -1.92. The van der Waals surface area contributed by atoms with Crippen molar-refractivity contribution in [3.05, 3.63) is 54.1 Å². The van der Waals surface area contributed by atoms with Crippen molar-refractivity contribution in [2.75, 3.05) is 6.54 Å². The van der Waals surface area contributed by atoms with Crippen LogP contribution in [0.15, 0.2) is 59.0 Å². The lowest BCUT2D eigenvalue weighted by atomic mass is 9.83. The molecule has 1 amide bonds. The van der Waals surface area contributed by atoms with Gasteiger partial charge in [0.1, 0.15) is 6.17 Å². The zero-order chi connectivity index (χ0) is 16.4. The van der Waals surface area contributed by atoms with Gasteiger partial charge in [-0.25, -0.2) is 8.42 Å². The number of benzene rings is 1. The van der Waals surface area contributed by atoms with Crippen LogP contribution < -0.4 is 4.72 Å². The number of sulfonamides is 1. The Morgan fingerprint density at radius 1 is 1.26 bits per heavy atom. The van der Waals surface area contributed by atoms with Crippen LogP contribution >= 0.6 is 0 Å². The Labute approximate surface area is 136 Å². The standard InChI is InChI=1S/C17H20N2O3S/c1-13(20)19-12-11-14-7-5-6-10-16(14)17(19)18-23(21,22)15-8-3-2-4-9-15/h2-6,8-10,14,17-18H,7,11-12H2,1H3. The quantitative estimate of drug-likeness (QED) is 0.921. The molecule has 1 fully saturated rings. The number of nitrogens with zero attached hydrogens (tertiary/aromatic N) is 1. The third-order valence-electron chi connectivity index (χ3n) is 4.39. The number of hydrogen-bond acceptors (Lipinski definition) is 3. The molecule has 0 radical (unpaired) electrons. The highest BCUT2D eigenvalue weighted by Crippen LogP contribution is 2.33. The molecule has 0 bridgehead atoms. The van der Waals surface area contributed by atoms with E-state index in [1.165, 1.54) is 6.92 Å². The molecule has 0 spiro atoms. The number of carbonyl (C=O) groups excluding carboxylic acids is 1. The summed E-state index contributed by atoms with van der Waals surface area (Å²) in [4.78, 5) is 13.8. The molecule has 1 aliphatic heterocycles. The number of piperidine rings is 1. The van der Waals surface area contributed by atoms with E-state index in [1.54, 1.807) is 35.2 Å². The average Bonchev–Trinajstić information content (AvgIpc) is 2.55. The van der Waals surface area contributed by atoms with Gasteiger partial charge in [-0.05, 0) is 36.5 Å². The van der Waals surface area contributed by atoms with Gasteiger partial charge in [0.15, 0.2) is 0 Å². The summed E-state index contributed by atoms with van der Waals surface area (Å²) in [5.74, 6) is 0.165. The second kappa shape index (κ2) is 6.29. The Bertz CT molecular complexity index is 753. The maximum atomic E-state index is 12.6. The molecule has 2 aliphatic rings. The monoisotopic (exact) mass is 332 g/mol. The van der Waals surface area contributed by atoms with Gasteiger partial charge in [0, 0.05) is 13.5 Å². The molecule has 1 heterocycles. The van der Waals surface area contributed by atoms with E-state index >= 15 is 0 Å². The Morgan fingerprint density at radius 3 is 2.70 bits per heavy atom. The van der Waals surface area contributed by atoms with E-state index in [0.717, 1.165) is 18.4 Å². The summed E-state index contributed by atoms with van der Waals surface area (Å²) in [6.45, 7) is 2.04. The van der Waals surface area contributed by atoms with Gasteiger partial charge in [0.25, 0.3) is 0 Å². The zero-order valence-electron chi connectivity index (χ0n) is 13.0. The lowest BCUT2D eigenvalue weighted by molar-refractivity contribution is -0.131. The summed E-state index contributed by atoms with van der Waals surface area (Å²) < 4.78 is 28.0. The lowest BCUT2D eigenvalue weighted by Crippen LogP contribution is -2.55. The van der Waals surface area contributed by atoms with Gasteiger partial charge in [-0.2, -0.15) is 4.72 Å².